The number of ether oxygens (including phenoxy) is 1. The number of rotatable bonds is 5. The van der Waals surface area contributed by atoms with Gasteiger partial charge in [-0.05, 0) is 36.4 Å². The van der Waals surface area contributed by atoms with E-state index in [9.17, 15) is 13.2 Å². The van der Waals surface area contributed by atoms with Crippen molar-refractivity contribution in [1.29, 1.82) is 0 Å². The number of halogens is 3. The molecule has 4 rings (SSSR count). The molecule has 0 unspecified atom stereocenters. The third-order valence-corrected chi connectivity index (χ3v) is 4.08. The zero-order chi connectivity index (χ0) is 21.3. The van der Waals surface area contributed by atoms with Crippen LogP contribution in [0.4, 0.5) is 30.6 Å². The number of alkyl halides is 3. The summed E-state index contributed by atoms with van der Waals surface area (Å²) in [6, 6.07) is 9.06. The molecular weight excluding hydrogens is 399 g/mol. The SMILES string of the molecule is CN(C)c1ccc(-c2nccn3nc(Nc4ccc(OC(F)(F)F)cc4)nc23)cn1. The van der Waals surface area contributed by atoms with Gasteiger partial charge in [0.1, 0.15) is 17.3 Å². The van der Waals surface area contributed by atoms with E-state index in [0.29, 0.717) is 17.0 Å². The highest BCUT2D eigenvalue weighted by molar-refractivity contribution is 5.74. The van der Waals surface area contributed by atoms with Gasteiger partial charge in [0.2, 0.25) is 5.95 Å². The Balaban J connectivity index is 1.59. The lowest BCUT2D eigenvalue weighted by atomic mass is 10.2. The van der Waals surface area contributed by atoms with E-state index < -0.39 is 6.36 Å². The van der Waals surface area contributed by atoms with E-state index in [1.807, 2.05) is 31.1 Å². The van der Waals surface area contributed by atoms with Crippen LogP contribution in [-0.4, -0.2) is 45.0 Å². The molecule has 0 amide bonds. The molecular formula is C19H16F3N7O. The summed E-state index contributed by atoms with van der Waals surface area (Å²) in [6.07, 6.45) is 0.225. The fourth-order valence-corrected chi connectivity index (χ4v) is 2.73. The Labute approximate surface area is 169 Å². The highest BCUT2D eigenvalue weighted by Crippen LogP contribution is 2.26. The minimum atomic E-state index is -4.74. The minimum absolute atomic E-state index is 0.270. The van der Waals surface area contributed by atoms with Crippen molar-refractivity contribution in [3.63, 3.8) is 0 Å². The molecule has 0 fully saturated rings. The molecule has 0 aliphatic rings. The van der Waals surface area contributed by atoms with Crippen molar-refractivity contribution in [2.45, 2.75) is 6.36 Å². The number of nitrogens with one attached hydrogen (secondary N) is 1. The third-order valence-electron chi connectivity index (χ3n) is 4.08. The average molecular weight is 415 g/mol. The van der Waals surface area contributed by atoms with E-state index >= 15 is 0 Å². The molecule has 4 aromatic rings. The van der Waals surface area contributed by atoms with Crippen LogP contribution in [0, 0.1) is 0 Å². The van der Waals surface area contributed by atoms with E-state index in [1.54, 1.807) is 23.1 Å². The van der Waals surface area contributed by atoms with Crippen molar-refractivity contribution < 1.29 is 17.9 Å². The normalized spacial score (nSPS) is 11.5. The van der Waals surface area contributed by atoms with Gasteiger partial charge in [-0.25, -0.2) is 9.50 Å². The first kappa shape index (κ1) is 19.4. The highest BCUT2D eigenvalue weighted by Gasteiger charge is 2.30. The molecule has 1 N–H and O–H groups in total. The number of benzene rings is 1. The van der Waals surface area contributed by atoms with Crippen LogP contribution in [0.5, 0.6) is 5.75 Å². The van der Waals surface area contributed by atoms with Crippen molar-refractivity contribution in [2.24, 2.45) is 0 Å². The molecule has 0 aliphatic heterocycles. The first-order valence-corrected chi connectivity index (χ1v) is 8.76. The van der Waals surface area contributed by atoms with Gasteiger partial charge in [-0.15, -0.1) is 18.3 Å². The largest absolute Gasteiger partial charge is 0.573 e. The van der Waals surface area contributed by atoms with Crippen LogP contribution >= 0.6 is 0 Å². The highest BCUT2D eigenvalue weighted by atomic mass is 19.4. The number of aromatic nitrogens is 5. The van der Waals surface area contributed by atoms with E-state index in [0.717, 1.165) is 11.4 Å². The van der Waals surface area contributed by atoms with Crippen LogP contribution in [-0.2, 0) is 0 Å². The summed E-state index contributed by atoms with van der Waals surface area (Å²) < 4.78 is 42.2. The number of nitrogens with zero attached hydrogens (tertiary/aromatic N) is 6. The molecule has 0 radical (unpaired) electrons. The molecule has 1 aromatic carbocycles. The predicted octanol–water partition coefficient (Wildman–Crippen LogP) is 3.89. The molecule has 0 saturated carbocycles. The Bertz CT molecular complexity index is 1160. The second kappa shape index (κ2) is 7.50. The molecule has 154 valence electrons. The second-order valence-electron chi connectivity index (χ2n) is 6.48. The van der Waals surface area contributed by atoms with Crippen LogP contribution in [0.2, 0.25) is 0 Å². The Kier molecular flexibility index (Phi) is 4.86. The van der Waals surface area contributed by atoms with Crippen molar-refractivity contribution in [1.82, 2.24) is 24.6 Å². The maximum Gasteiger partial charge on any atom is 0.573 e. The van der Waals surface area contributed by atoms with Crippen LogP contribution in [0.15, 0.2) is 55.0 Å². The second-order valence-corrected chi connectivity index (χ2v) is 6.48. The van der Waals surface area contributed by atoms with Crippen molar-refractivity contribution in [2.75, 3.05) is 24.3 Å². The van der Waals surface area contributed by atoms with Crippen molar-refractivity contribution in [3.05, 3.63) is 55.0 Å². The average Bonchev–Trinajstić information content (AvgIpc) is 3.11. The van der Waals surface area contributed by atoms with Gasteiger partial charge >= 0.3 is 6.36 Å². The number of hydrogen-bond acceptors (Lipinski definition) is 7. The predicted molar refractivity (Wildman–Crippen MR) is 105 cm³/mol. The van der Waals surface area contributed by atoms with Gasteiger partial charge in [-0.3, -0.25) is 4.98 Å². The smallest absolute Gasteiger partial charge is 0.406 e. The fraction of sp³-hybridized carbons (Fsp3) is 0.158. The van der Waals surface area contributed by atoms with E-state index in [4.69, 9.17) is 0 Å². The van der Waals surface area contributed by atoms with E-state index in [1.165, 1.54) is 24.3 Å². The molecule has 0 aliphatic carbocycles. The summed E-state index contributed by atoms with van der Waals surface area (Å²) in [5.41, 5.74) is 2.40. The number of fused-ring (bicyclic) bond motifs is 1. The standard InChI is InChI=1S/C19H16F3N7O/c1-28(2)15-8-3-12(11-24-15)16-17-26-18(27-29(17)10-9-23-16)25-13-4-6-14(7-5-13)30-19(20,21)22/h3-11H,1-2H3,(H,25,27). The molecule has 8 nitrogen and oxygen atoms in total. The summed E-state index contributed by atoms with van der Waals surface area (Å²) in [6.45, 7) is 0. The lowest BCUT2D eigenvalue weighted by molar-refractivity contribution is -0.274. The van der Waals surface area contributed by atoms with E-state index in [-0.39, 0.29) is 11.7 Å². The molecule has 0 atom stereocenters. The molecule has 0 spiro atoms. The van der Waals surface area contributed by atoms with Crippen LogP contribution < -0.4 is 15.0 Å². The van der Waals surface area contributed by atoms with Gasteiger partial charge in [-0.2, -0.15) is 4.98 Å². The molecule has 3 aromatic heterocycles. The summed E-state index contributed by atoms with van der Waals surface area (Å²) in [7, 11) is 3.80. The Hall–Kier alpha value is -3.89. The van der Waals surface area contributed by atoms with Crippen molar-refractivity contribution in [3.8, 4) is 17.0 Å². The van der Waals surface area contributed by atoms with Gasteiger partial charge in [-0.1, -0.05) is 0 Å². The van der Waals surface area contributed by atoms with Gasteiger partial charge in [0.05, 0.1) is 0 Å². The van der Waals surface area contributed by atoms with Crippen LogP contribution in [0.25, 0.3) is 16.9 Å². The summed E-state index contributed by atoms with van der Waals surface area (Å²) >= 11 is 0. The number of hydrogen-bond donors (Lipinski definition) is 1. The van der Waals surface area contributed by atoms with Gasteiger partial charge in [0, 0.05) is 43.9 Å². The Morgan fingerprint density at radius 1 is 1.03 bits per heavy atom. The third kappa shape index (κ3) is 4.24. The summed E-state index contributed by atoms with van der Waals surface area (Å²) in [5, 5.41) is 7.29. The minimum Gasteiger partial charge on any atom is -0.406 e. The fourth-order valence-electron chi connectivity index (χ4n) is 2.73. The van der Waals surface area contributed by atoms with Gasteiger partial charge in [0.25, 0.3) is 0 Å². The first-order chi connectivity index (χ1) is 14.3. The number of pyridine rings is 1. The van der Waals surface area contributed by atoms with Crippen LogP contribution in [0.1, 0.15) is 0 Å². The first-order valence-electron chi connectivity index (χ1n) is 8.76. The molecule has 3 heterocycles. The Morgan fingerprint density at radius 3 is 2.43 bits per heavy atom. The lowest BCUT2D eigenvalue weighted by Crippen LogP contribution is -2.16. The molecule has 0 saturated heterocycles. The molecule has 0 bridgehead atoms. The monoisotopic (exact) mass is 415 g/mol. The maximum atomic E-state index is 12.3. The maximum absolute atomic E-state index is 12.3. The Morgan fingerprint density at radius 2 is 1.80 bits per heavy atom. The summed E-state index contributed by atoms with van der Waals surface area (Å²) in [4.78, 5) is 15.1. The lowest BCUT2D eigenvalue weighted by Gasteiger charge is -2.11. The van der Waals surface area contributed by atoms with Crippen LogP contribution in [0.3, 0.4) is 0 Å². The summed E-state index contributed by atoms with van der Waals surface area (Å²) in [5.74, 6) is 0.773. The van der Waals surface area contributed by atoms with Crippen molar-refractivity contribution >= 4 is 23.1 Å². The van der Waals surface area contributed by atoms with Gasteiger partial charge in [0.15, 0.2) is 5.65 Å². The molecule has 11 heteroatoms. The van der Waals surface area contributed by atoms with E-state index in [2.05, 4.69) is 30.1 Å². The van der Waals surface area contributed by atoms with Gasteiger partial charge < -0.3 is 15.0 Å². The topological polar surface area (TPSA) is 80.5 Å². The zero-order valence-electron chi connectivity index (χ0n) is 15.9. The molecule has 30 heavy (non-hydrogen) atoms. The zero-order valence-corrected chi connectivity index (χ0v) is 15.9. The number of anilines is 3. The quantitative estimate of drug-likeness (QED) is 0.530.